The quantitative estimate of drug-likeness (QED) is 0.744. The summed E-state index contributed by atoms with van der Waals surface area (Å²) >= 11 is 0. The van der Waals surface area contributed by atoms with Gasteiger partial charge in [-0.25, -0.2) is 9.97 Å². The second-order valence-electron chi connectivity index (χ2n) is 6.86. The van der Waals surface area contributed by atoms with E-state index in [4.69, 9.17) is 0 Å². The standard InChI is InChI=1S/C20H23N5O/c1-14-5-7-15(8-6-14)17-11-21-18(24-17)12-22-20(26)10-16-13-25-9-3-2-4-19(25)23-16/h5-8,11,13H,2-4,9-10,12H2,1H3,(H,21,24)(H,22,26). The van der Waals surface area contributed by atoms with Gasteiger partial charge in [-0.3, -0.25) is 4.79 Å². The van der Waals surface area contributed by atoms with Crippen LogP contribution in [-0.2, 0) is 30.7 Å². The van der Waals surface area contributed by atoms with E-state index < -0.39 is 0 Å². The fourth-order valence-corrected chi connectivity index (χ4v) is 3.30. The van der Waals surface area contributed by atoms with Crippen molar-refractivity contribution in [2.75, 3.05) is 0 Å². The molecule has 1 aromatic carbocycles. The topological polar surface area (TPSA) is 75.6 Å². The van der Waals surface area contributed by atoms with E-state index in [1.165, 1.54) is 18.4 Å². The summed E-state index contributed by atoms with van der Waals surface area (Å²) in [6.07, 6.45) is 7.51. The highest BCUT2D eigenvalue weighted by atomic mass is 16.1. The van der Waals surface area contributed by atoms with Crippen LogP contribution in [0.5, 0.6) is 0 Å². The summed E-state index contributed by atoms with van der Waals surface area (Å²) in [5.74, 6) is 1.82. The Hall–Kier alpha value is -2.89. The van der Waals surface area contributed by atoms with Crippen molar-refractivity contribution in [3.05, 3.63) is 59.6 Å². The van der Waals surface area contributed by atoms with Gasteiger partial charge < -0.3 is 14.9 Å². The summed E-state index contributed by atoms with van der Waals surface area (Å²) in [5.41, 5.74) is 4.11. The molecule has 2 N–H and O–H groups in total. The fourth-order valence-electron chi connectivity index (χ4n) is 3.30. The molecule has 0 atom stereocenters. The first-order valence-electron chi connectivity index (χ1n) is 9.10. The lowest BCUT2D eigenvalue weighted by atomic mass is 10.1. The van der Waals surface area contributed by atoms with Crippen LogP contribution >= 0.6 is 0 Å². The lowest BCUT2D eigenvalue weighted by molar-refractivity contribution is -0.120. The van der Waals surface area contributed by atoms with Crippen LogP contribution in [0, 0.1) is 6.92 Å². The van der Waals surface area contributed by atoms with E-state index in [9.17, 15) is 4.79 Å². The second-order valence-corrected chi connectivity index (χ2v) is 6.86. The molecule has 2 aromatic heterocycles. The molecule has 0 saturated carbocycles. The van der Waals surface area contributed by atoms with Crippen molar-refractivity contribution >= 4 is 5.91 Å². The number of nitrogens with one attached hydrogen (secondary N) is 2. The van der Waals surface area contributed by atoms with Crippen molar-refractivity contribution in [3.63, 3.8) is 0 Å². The largest absolute Gasteiger partial charge is 0.349 e. The van der Waals surface area contributed by atoms with Gasteiger partial charge in [-0.1, -0.05) is 29.8 Å². The molecular formula is C20H23N5O. The minimum absolute atomic E-state index is 0.0336. The third kappa shape index (κ3) is 3.69. The number of nitrogens with zero attached hydrogens (tertiary/aromatic N) is 3. The predicted molar refractivity (Wildman–Crippen MR) is 99.5 cm³/mol. The molecule has 0 saturated heterocycles. The number of hydrogen-bond donors (Lipinski definition) is 2. The highest BCUT2D eigenvalue weighted by molar-refractivity contribution is 5.78. The monoisotopic (exact) mass is 349 g/mol. The summed E-state index contributed by atoms with van der Waals surface area (Å²) in [6.45, 7) is 3.46. The van der Waals surface area contributed by atoms with E-state index in [0.717, 1.165) is 41.6 Å². The number of H-pyrrole nitrogens is 1. The number of imidazole rings is 2. The molecule has 0 radical (unpaired) electrons. The second kappa shape index (κ2) is 7.15. The Bertz CT molecular complexity index is 883. The van der Waals surface area contributed by atoms with Gasteiger partial charge in [0.05, 0.1) is 30.6 Å². The van der Waals surface area contributed by atoms with E-state index >= 15 is 0 Å². The Kier molecular flexibility index (Phi) is 4.56. The molecular weight excluding hydrogens is 326 g/mol. The van der Waals surface area contributed by atoms with Crippen LogP contribution in [0.25, 0.3) is 11.3 Å². The molecule has 6 heteroatoms. The van der Waals surface area contributed by atoms with Gasteiger partial charge in [-0.05, 0) is 25.3 Å². The normalized spacial score (nSPS) is 13.4. The van der Waals surface area contributed by atoms with Crippen LogP contribution in [-0.4, -0.2) is 25.4 Å². The molecule has 6 nitrogen and oxygen atoms in total. The van der Waals surface area contributed by atoms with E-state index in [1.807, 2.05) is 6.20 Å². The number of rotatable bonds is 5. The summed E-state index contributed by atoms with van der Waals surface area (Å²) in [5, 5.41) is 2.92. The van der Waals surface area contributed by atoms with Crippen LogP contribution in [0.15, 0.2) is 36.7 Å². The third-order valence-corrected chi connectivity index (χ3v) is 4.74. The molecule has 1 aliphatic rings. The van der Waals surface area contributed by atoms with Crippen molar-refractivity contribution in [2.45, 2.75) is 45.7 Å². The van der Waals surface area contributed by atoms with Crippen molar-refractivity contribution in [1.82, 2.24) is 24.8 Å². The molecule has 0 aliphatic carbocycles. The van der Waals surface area contributed by atoms with Crippen molar-refractivity contribution in [1.29, 1.82) is 0 Å². The minimum atomic E-state index is -0.0336. The average molecular weight is 349 g/mol. The molecule has 0 unspecified atom stereocenters. The van der Waals surface area contributed by atoms with Gasteiger partial charge in [0.2, 0.25) is 5.91 Å². The molecule has 0 spiro atoms. The lowest BCUT2D eigenvalue weighted by Gasteiger charge is -2.11. The van der Waals surface area contributed by atoms with Gasteiger partial charge in [0.1, 0.15) is 11.6 Å². The van der Waals surface area contributed by atoms with Gasteiger partial charge in [-0.2, -0.15) is 0 Å². The molecule has 3 heterocycles. The van der Waals surface area contributed by atoms with Crippen LogP contribution in [0.1, 0.15) is 35.7 Å². The zero-order chi connectivity index (χ0) is 17.9. The Morgan fingerprint density at radius 1 is 1.27 bits per heavy atom. The summed E-state index contributed by atoms with van der Waals surface area (Å²) < 4.78 is 2.17. The van der Waals surface area contributed by atoms with Crippen LogP contribution < -0.4 is 5.32 Å². The Morgan fingerprint density at radius 3 is 2.92 bits per heavy atom. The molecule has 3 aromatic rings. The molecule has 0 bridgehead atoms. The van der Waals surface area contributed by atoms with Crippen LogP contribution in [0.4, 0.5) is 0 Å². The van der Waals surface area contributed by atoms with E-state index in [2.05, 4.69) is 56.0 Å². The minimum Gasteiger partial charge on any atom is -0.349 e. The molecule has 1 amide bonds. The van der Waals surface area contributed by atoms with E-state index in [0.29, 0.717) is 13.0 Å². The SMILES string of the molecule is Cc1ccc(-c2cnc(CNC(=O)Cc3cn4c(n3)CCCC4)[nH]2)cc1. The van der Waals surface area contributed by atoms with Crippen molar-refractivity contribution < 1.29 is 4.79 Å². The molecule has 134 valence electrons. The summed E-state index contributed by atoms with van der Waals surface area (Å²) in [6, 6.07) is 8.27. The first-order valence-corrected chi connectivity index (χ1v) is 9.10. The number of aryl methyl sites for hydroxylation is 3. The first-order chi connectivity index (χ1) is 12.7. The van der Waals surface area contributed by atoms with Gasteiger partial charge in [-0.15, -0.1) is 0 Å². The maximum atomic E-state index is 12.2. The van der Waals surface area contributed by atoms with Crippen LogP contribution in [0.3, 0.4) is 0 Å². The fraction of sp³-hybridized carbons (Fsp3) is 0.350. The van der Waals surface area contributed by atoms with E-state index in [1.54, 1.807) is 6.20 Å². The maximum absolute atomic E-state index is 12.2. The third-order valence-electron chi connectivity index (χ3n) is 4.74. The zero-order valence-electron chi connectivity index (χ0n) is 15.0. The number of carbonyl (C=O) groups excluding carboxylic acids is 1. The molecule has 1 aliphatic heterocycles. The van der Waals surface area contributed by atoms with E-state index in [-0.39, 0.29) is 5.91 Å². The number of aromatic amines is 1. The zero-order valence-corrected chi connectivity index (χ0v) is 15.0. The van der Waals surface area contributed by atoms with Gasteiger partial charge >= 0.3 is 0 Å². The number of amides is 1. The summed E-state index contributed by atoms with van der Waals surface area (Å²) in [4.78, 5) is 24.4. The predicted octanol–water partition coefficient (Wildman–Crippen LogP) is 2.78. The number of hydrogen-bond acceptors (Lipinski definition) is 3. The van der Waals surface area contributed by atoms with Crippen molar-refractivity contribution in [3.8, 4) is 11.3 Å². The molecule has 26 heavy (non-hydrogen) atoms. The number of aromatic nitrogens is 4. The number of carbonyl (C=O) groups is 1. The van der Waals surface area contributed by atoms with Gasteiger partial charge in [0.25, 0.3) is 0 Å². The Balaban J connectivity index is 1.33. The highest BCUT2D eigenvalue weighted by Crippen LogP contribution is 2.17. The van der Waals surface area contributed by atoms with Crippen molar-refractivity contribution in [2.24, 2.45) is 0 Å². The smallest absolute Gasteiger partial charge is 0.226 e. The van der Waals surface area contributed by atoms with Crippen LogP contribution in [0.2, 0.25) is 0 Å². The maximum Gasteiger partial charge on any atom is 0.226 e. The number of benzene rings is 1. The first kappa shape index (κ1) is 16.6. The summed E-state index contributed by atoms with van der Waals surface area (Å²) in [7, 11) is 0. The highest BCUT2D eigenvalue weighted by Gasteiger charge is 2.14. The number of fused-ring (bicyclic) bond motifs is 1. The average Bonchev–Trinajstić information content (AvgIpc) is 3.27. The molecule has 0 fully saturated rings. The lowest BCUT2D eigenvalue weighted by Crippen LogP contribution is -2.25. The van der Waals surface area contributed by atoms with Gasteiger partial charge in [0, 0.05) is 19.2 Å². The Labute approximate surface area is 152 Å². The van der Waals surface area contributed by atoms with Gasteiger partial charge in [0.15, 0.2) is 0 Å². The Morgan fingerprint density at radius 2 is 2.12 bits per heavy atom. The molecule has 4 rings (SSSR count).